The van der Waals surface area contributed by atoms with E-state index in [1.807, 2.05) is 0 Å². The molecule has 326 valence electrons. The van der Waals surface area contributed by atoms with Crippen LogP contribution in [0.15, 0.2) is 0 Å². The standard InChI is InChI=1S/C54H87NOS2/c1-2-9-34(10-3-1)35-17-24-39(25-18-35)55(40-26-19-36(20-27-40)38-23-31-50-47(33-38)43-11-4-6-15-48(43)57-50)41-28-21-37(22-29-41)42-13-8-14-44-45-30-32-51-52(54(45)56-53(42)44)46-12-5-7-16-49(46)58-51/h34-54H,1-33H2. The van der Waals surface area contributed by atoms with Gasteiger partial charge in [-0.15, -0.1) is 0 Å². The van der Waals surface area contributed by atoms with Crippen molar-refractivity contribution in [3.8, 4) is 0 Å². The molecule has 12 aliphatic rings. The second-order valence-electron chi connectivity index (χ2n) is 24.3. The fraction of sp³-hybridized carbons (Fsp3) is 1.00. The van der Waals surface area contributed by atoms with Gasteiger partial charge in [0.15, 0.2) is 0 Å². The first-order valence-electron chi connectivity index (χ1n) is 27.5. The van der Waals surface area contributed by atoms with E-state index in [2.05, 4.69) is 28.4 Å². The van der Waals surface area contributed by atoms with E-state index in [1.165, 1.54) is 122 Å². The van der Waals surface area contributed by atoms with E-state index in [0.717, 1.165) is 110 Å². The van der Waals surface area contributed by atoms with Crippen LogP contribution in [0.4, 0.5) is 0 Å². The van der Waals surface area contributed by atoms with Gasteiger partial charge in [0.1, 0.15) is 0 Å². The number of hydrogen-bond donors (Lipinski definition) is 0. The van der Waals surface area contributed by atoms with Crippen molar-refractivity contribution in [3.63, 3.8) is 0 Å². The van der Waals surface area contributed by atoms with Gasteiger partial charge >= 0.3 is 0 Å². The number of ether oxygens (including phenoxy) is 1. The van der Waals surface area contributed by atoms with E-state index >= 15 is 0 Å². The molecule has 12 rings (SSSR count). The topological polar surface area (TPSA) is 12.5 Å². The maximum atomic E-state index is 7.61. The fourth-order valence-corrected chi connectivity index (χ4v) is 23.6. The van der Waals surface area contributed by atoms with Crippen LogP contribution in [0.5, 0.6) is 0 Å². The fourth-order valence-electron chi connectivity index (χ4n) is 19.4. The summed E-state index contributed by atoms with van der Waals surface area (Å²) < 4.78 is 7.61. The Bertz CT molecular complexity index is 1360. The lowest BCUT2D eigenvalue weighted by Crippen LogP contribution is -2.53. The molecule has 0 bridgehead atoms. The number of fused-ring (bicyclic) bond motifs is 10. The van der Waals surface area contributed by atoms with Gasteiger partial charge in [-0.2, -0.15) is 23.5 Å². The summed E-state index contributed by atoms with van der Waals surface area (Å²) in [6.45, 7) is 0. The molecule has 4 heteroatoms. The molecule has 3 saturated heterocycles. The van der Waals surface area contributed by atoms with Crippen LogP contribution in [0.1, 0.15) is 212 Å². The molecule has 0 amide bonds. The van der Waals surface area contributed by atoms with Gasteiger partial charge in [-0.1, -0.05) is 64.2 Å². The Balaban J connectivity index is 0.707. The zero-order valence-electron chi connectivity index (χ0n) is 37.1. The van der Waals surface area contributed by atoms with Gasteiger partial charge in [-0.05, 0) is 213 Å². The number of thioether (sulfide) groups is 2. The van der Waals surface area contributed by atoms with Crippen molar-refractivity contribution >= 4 is 23.5 Å². The normalized spacial score (nSPS) is 53.5. The summed E-state index contributed by atoms with van der Waals surface area (Å²) in [4.78, 5) is 3.36. The number of rotatable bonds is 6. The van der Waals surface area contributed by atoms with Crippen LogP contribution >= 0.6 is 23.5 Å². The minimum Gasteiger partial charge on any atom is -0.374 e. The van der Waals surface area contributed by atoms with Crippen molar-refractivity contribution in [1.82, 2.24) is 4.90 Å². The lowest BCUT2D eigenvalue weighted by molar-refractivity contribution is -0.0777. The summed E-state index contributed by atoms with van der Waals surface area (Å²) in [5, 5.41) is 4.01. The van der Waals surface area contributed by atoms with Crippen molar-refractivity contribution in [1.29, 1.82) is 0 Å². The van der Waals surface area contributed by atoms with E-state index in [4.69, 9.17) is 4.74 Å². The van der Waals surface area contributed by atoms with Crippen LogP contribution in [0, 0.1) is 71.0 Å². The van der Waals surface area contributed by atoms with Gasteiger partial charge in [0.05, 0.1) is 12.2 Å². The quantitative estimate of drug-likeness (QED) is 0.264. The lowest BCUT2D eigenvalue weighted by atomic mass is 9.62. The van der Waals surface area contributed by atoms with Crippen LogP contribution in [0.2, 0.25) is 0 Å². The van der Waals surface area contributed by atoms with E-state index < -0.39 is 0 Å². The Morgan fingerprint density at radius 2 is 0.776 bits per heavy atom. The first-order valence-corrected chi connectivity index (χ1v) is 29.4. The second-order valence-corrected chi connectivity index (χ2v) is 27.2. The molecular weight excluding hydrogens is 743 g/mol. The minimum absolute atomic E-state index is 0.625. The molecule has 0 aromatic heterocycles. The molecule has 12 fully saturated rings. The maximum Gasteiger partial charge on any atom is 0.0652 e. The average Bonchev–Trinajstić information content (AvgIpc) is 3.99. The highest BCUT2D eigenvalue weighted by Crippen LogP contribution is 2.62. The molecule has 9 aliphatic carbocycles. The lowest BCUT2D eigenvalue weighted by Gasteiger charge is -2.51. The van der Waals surface area contributed by atoms with Crippen molar-refractivity contribution in [2.24, 2.45) is 71.0 Å². The number of nitrogens with zero attached hydrogens (tertiary/aromatic N) is 1. The van der Waals surface area contributed by atoms with Crippen LogP contribution < -0.4 is 0 Å². The summed E-state index contributed by atoms with van der Waals surface area (Å²) in [6, 6.07) is 2.68. The highest BCUT2D eigenvalue weighted by Gasteiger charge is 2.60. The van der Waals surface area contributed by atoms with Gasteiger partial charge in [0.2, 0.25) is 0 Å². The Kier molecular flexibility index (Phi) is 12.1. The molecule has 14 unspecified atom stereocenters. The van der Waals surface area contributed by atoms with Crippen LogP contribution in [0.25, 0.3) is 0 Å². The molecule has 0 radical (unpaired) electrons. The SMILES string of the molecule is C1CCC(C2CCC(N(C3CCC(C4CCC5SC6CCCCC6C5C4)CC3)C3CCC(C4CCCC5C6CCC7SC8CCCCC8C7C6OC45)CC3)CC2)CC1. The van der Waals surface area contributed by atoms with Gasteiger partial charge in [0, 0.05) is 45.0 Å². The summed E-state index contributed by atoms with van der Waals surface area (Å²) in [7, 11) is 0. The summed E-state index contributed by atoms with van der Waals surface area (Å²) >= 11 is 4.93. The van der Waals surface area contributed by atoms with Crippen molar-refractivity contribution in [3.05, 3.63) is 0 Å². The van der Waals surface area contributed by atoms with Crippen LogP contribution in [-0.4, -0.2) is 56.2 Å². The highest BCUT2D eigenvalue weighted by molar-refractivity contribution is 8.01. The van der Waals surface area contributed by atoms with Crippen molar-refractivity contribution in [2.45, 2.75) is 263 Å². The Hall–Kier alpha value is 0.620. The third-order valence-electron chi connectivity index (χ3n) is 22.0. The van der Waals surface area contributed by atoms with E-state index in [0.29, 0.717) is 12.2 Å². The Labute approximate surface area is 365 Å². The molecule has 0 N–H and O–H groups in total. The molecule has 2 nitrogen and oxygen atoms in total. The van der Waals surface area contributed by atoms with Crippen LogP contribution in [0.3, 0.4) is 0 Å². The third kappa shape index (κ3) is 7.52. The van der Waals surface area contributed by atoms with Gasteiger partial charge < -0.3 is 4.74 Å². The summed E-state index contributed by atoms with van der Waals surface area (Å²) in [5.74, 6) is 12.0. The monoisotopic (exact) mass is 830 g/mol. The van der Waals surface area contributed by atoms with Gasteiger partial charge in [-0.25, -0.2) is 0 Å². The van der Waals surface area contributed by atoms with Crippen molar-refractivity contribution < 1.29 is 4.74 Å². The largest absolute Gasteiger partial charge is 0.374 e. The van der Waals surface area contributed by atoms with E-state index in [1.54, 1.807) is 89.9 Å². The van der Waals surface area contributed by atoms with Gasteiger partial charge in [-0.3, -0.25) is 4.90 Å². The molecule has 0 spiro atoms. The van der Waals surface area contributed by atoms with Gasteiger partial charge in [0.25, 0.3) is 0 Å². The molecular formula is C54H87NOS2. The first-order chi connectivity index (χ1) is 28.7. The molecule has 3 heterocycles. The maximum absolute atomic E-state index is 7.61. The molecule has 0 aromatic rings. The molecule has 9 saturated carbocycles. The molecule has 3 aliphatic heterocycles. The smallest absolute Gasteiger partial charge is 0.0652 e. The number of hydrogen-bond acceptors (Lipinski definition) is 4. The summed E-state index contributed by atoms with van der Waals surface area (Å²) in [6.07, 6.45) is 52.0. The minimum atomic E-state index is 0.625. The zero-order chi connectivity index (χ0) is 38.2. The molecule has 58 heavy (non-hydrogen) atoms. The van der Waals surface area contributed by atoms with Crippen LogP contribution in [-0.2, 0) is 4.74 Å². The predicted molar refractivity (Wildman–Crippen MR) is 246 cm³/mol. The Morgan fingerprint density at radius 1 is 0.293 bits per heavy atom. The Morgan fingerprint density at radius 3 is 1.50 bits per heavy atom. The third-order valence-corrected chi connectivity index (χ3v) is 25.7. The molecule has 14 atom stereocenters. The average molecular weight is 830 g/mol. The van der Waals surface area contributed by atoms with Crippen molar-refractivity contribution in [2.75, 3.05) is 0 Å². The summed E-state index contributed by atoms with van der Waals surface area (Å²) in [5.41, 5.74) is 0. The van der Waals surface area contributed by atoms with E-state index in [9.17, 15) is 0 Å². The highest BCUT2D eigenvalue weighted by atomic mass is 32.2. The first kappa shape index (κ1) is 40.2. The molecule has 0 aromatic carbocycles. The van der Waals surface area contributed by atoms with E-state index in [-0.39, 0.29) is 0 Å². The second kappa shape index (κ2) is 17.5. The zero-order valence-corrected chi connectivity index (χ0v) is 38.8. The predicted octanol–water partition coefficient (Wildman–Crippen LogP) is 14.5.